The van der Waals surface area contributed by atoms with Crippen molar-refractivity contribution in [3.8, 4) is 45.0 Å². The fraction of sp³-hybridized carbons (Fsp3) is 0.293. The Kier molecular flexibility index (Phi) is 12.2. The number of nitrogens with zero attached hydrogens (tertiary/aromatic N) is 6. The van der Waals surface area contributed by atoms with Crippen molar-refractivity contribution in [2.75, 3.05) is 53.5 Å². The number of carbonyl (C=O) groups is 1. The summed E-state index contributed by atoms with van der Waals surface area (Å²) in [6, 6.07) is 19.0. The van der Waals surface area contributed by atoms with E-state index in [9.17, 15) is 14.3 Å². The Labute approximate surface area is 332 Å². The van der Waals surface area contributed by atoms with Crippen molar-refractivity contribution in [1.29, 1.82) is 0 Å². The van der Waals surface area contributed by atoms with Crippen LogP contribution >= 0.6 is 22.9 Å². The van der Waals surface area contributed by atoms with Crippen LogP contribution in [0.4, 0.5) is 4.39 Å². The van der Waals surface area contributed by atoms with Gasteiger partial charge in [-0.15, -0.1) is 11.3 Å². The van der Waals surface area contributed by atoms with Gasteiger partial charge in [0.25, 0.3) is 0 Å². The third-order valence-electron chi connectivity index (χ3n) is 9.60. The van der Waals surface area contributed by atoms with Gasteiger partial charge < -0.3 is 29.0 Å². The number of likely N-dealkylation sites (N-methyl/N-ethyl adjacent to an activating group) is 1. The highest BCUT2D eigenvalue weighted by molar-refractivity contribution is 7.22. The van der Waals surface area contributed by atoms with Gasteiger partial charge in [0.2, 0.25) is 12.0 Å². The summed E-state index contributed by atoms with van der Waals surface area (Å²) < 4.78 is 37.9. The van der Waals surface area contributed by atoms with E-state index < -0.39 is 12.1 Å². The van der Waals surface area contributed by atoms with Gasteiger partial charge in [-0.25, -0.2) is 24.1 Å². The number of aliphatic carboxylic acids is 1. The largest absolute Gasteiger partial charge is 0.491 e. The predicted molar refractivity (Wildman–Crippen MR) is 213 cm³/mol. The first-order valence-electron chi connectivity index (χ1n) is 18.0. The van der Waals surface area contributed by atoms with Crippen LogP contribution < -0.4 is 18.9 Å². The molecule has 1 fully saturated rings. The normalized spacial score (nSPS) is 14.1. The predicted octanol–water partition coefficient (Wildman–Crippen LogP) is 7.20. The summed E-state index contributed by atoms with van der Waals surface area (Å²) in [5.74, 6) is -0.457. The van der Waals surface area contributed by atoms with E-state index >= 15 is 0 Å². The van der Waals surface area contributed by atoms with Crippen molar-refractivity contribution in [1.82, 2.24) is 29.7 Å². The van der Waals surface area contributed by atoms with Crippen LogP contribution in [0.5, 0.6) is 23.4 Å². The quantitative estimate of drug-likeness (QED) is 0.113. The van der Waals surface area contributed by atoms with Gasteiger partial charge in [0, 0.05) is 55.8 Å². The van der Waals surface area contributed by atoms with Gasteiger partial charge in [-0.1, -0.05) is 48.0 Å². The maximum absolute atomic E-state index is 14.1. The molecule has 0 aliphatic carbocycles. The molecule has 1 atom stereocenters. The number of carboxylic acids is 1. The molecular formula is C41H40ClFN6O6S. The standard InChI is InChI=1S/C41H40ClFN6O6S/c1-25-30(12-13-32(36(25)42)53-21-20-49-18-16-48(2)17-19-49)34-35-38(45-24-46-39(35)56-37(34)26-8-10-28(43)11-9-26)55-33(40(50)51)22-27-6-4-5-7-31(27)54-23-29-14-15-44-41(47-29)52-3/h4-15,24,33H,16-23H2,1-3H3,(H,50,51)/t33-/m1/s1. The van der Waals surface area contributed by atoms with E-state index in [4.69, 9.17) is 30.5 Å². The number of hydrogen-bond donors (Lipinski definition) is 1. The molecule has 1 aliphatic rings. The van der Waals surface area contributed by atoms with Crippen molar-refractivity contribution in [3.05, 3.63) is 107 Å². The Balaban J connectivity index is 1.21. The van der Waals surface area contributed by atoms with E-state index in [1.54, 1.807) is 48.7 Å². The van der Waals surface area contributed by atoms with E-state index in [-0.39, 0.29) is 30.7 Å². The summed E-state index contributed by atoms with van der Waals surface area (Å²) >= 11 is 8.39. The van der Waals surface area contributed by atoms with Crippen LogP contribution in [0.3, 0.4) is 0 Å². The minimum Gasteiger partial charge on any atom is -0.491 e. The molecule has 3 aromatic heterocycles. The molecule has 0 saturated carbocycles. The van der Waals surface area contributed by atoms with Gasteiger partial charge >= 0.3 is 12.0 Å². The highest BCUT2D eigenvalue weighted by Crippen LogP contribution is 2.49. The molecule has 6 aromatic rings. The molecular weight excluding hydrogens is 759 g/mol. The van der Waals surface area contributed by atoms with Crippen molar-refractivity contribution in [3.63, 3.8) is 0 Å². The number of rotatable bonds is 15. The number of fused-ring (bicyclic) bond motifs is 1. The Morgan fingerprint density at radius 1 is 0.982 bits per heavy atom. The fourth-order valence-electron chi connectivity index (χ4n) is 6.49. The lowest BCUT2D eigenvalue weighted by Crippen LogP contribution is -2.45. The molecule has 0 radical (unpaired) electrons. The summed E-state index contributed by atoms with van der Waals surface area (Å²) in [5, 5.41) is 11.4. The summed E-state index contributed by atoms with van der Waals surface area (Å²) in [7, 11) is 3.61. The summed E-state index contributed by atoms with van der Waals surface area (Å²) in [4.78, 5) is 36.2. The van der Waals surface area contributed by atoms with Gasteiger partial charge in [0.15, 0.2) is 0 Å². The highest BCUT2D eigenvalue weighted by atomic mass is 35.5. The molecule has 0 bridgehead atoms. The number of hydrogen-bond acceptors (Lipinski definition) is 12. The lowest BCUT2D eigenvalue weighted by atomic mass is 9.96. The molecule has 3 aromatic carbocycles. The number of methoxy groups -OCH3 is 1. The maximum atomic E-state index is 14.1. The maximum Gasteiger partial charge on any atom is 0.345 e. The Hall–Kier alpha value is -5.41. The number of carboxylic acid groups (broad SMARTS) is 1. The molecule has 1 N–H and O–H groups in total. The minimum absolute atomic E-state index is 0.0423. The summed E-state index contributed by atoms with van der Waals surface area (Å²) in [6.07, 6.45) is 1.51. The van der Waals surface area contributed by atoms with Crippen LogP contribution in [0.25, 0.3) is 31.8 Å². The molecule has 4 heterocycles. The molecule has 290 valence electrons. The molecule has 0 unspecified atom stereocenters. The van der Waals surface area contributed by atoms with Crippen LogP contribution in [0.1, 0.15) is 16.8 Å². The fourth-order valence-corrected chi connectivity index (χ4v) is 7.86. The van der Waals surface area contributed by atoms with Gasteiger partial charge in [0.05, 0.1) is 23.2 Å². The SMILES string of the molecule is COc1nccc(COc2ccccc2C[C@@H](Oc2ncnc3sc(-c4ccc(F)cc4)c(-c4ccc(OCCN5CCN(C)CC5)c(Cl)c4C)c23)C(=O)O)n1. The Morgan fingerprint density at radius 2 is 1.77 bits per heavy atom. The van der Waals surface area contributed by atoms with Crippen molar-refractivity contribution in [2.24, 2.45) is 0 Å². The van der Waals surface area contributed by atoms with Crippen LogP contribution in [0, 0.1) is 12.7 Å². The topological polar surface area (TPSA) is 132 Å². The van der Waals surface area contributed by atoms with E-state index in [0.717, 1.165) is 54.3 Å². The second-order valence-corrected chi connectivity index (χ2v) is 14.7. The van der Waals surface area contributed by atoms with E-state index in [2.05, 4.69) is 36.8 Å². The molecule has 0 amide bonds. The minimum atomic E-state index is -1.36. The lowest BCUT2D eigenvalue weighted by Gasteiger charge is -2.32. The molecule has 0 spiro atoms. The average Bonchev–Trinajstić information content (AvgIpc) is 3.60. The number of thiophene rings is 1. The van der Waals surface area contributed by atoms with Crippen LogP contribution in [0.15, 0.2) is 79.3 Å². The van der Waals surface area contributed by atoms with E-state index in [1.165, 1.54) is 36.9 Å². The molecule has 12 nitrogen and oxygen atoms in total. The van der Waals surface area contributed by atoms with Gasteiger partial charge in [-0.05, 0) is 66.6 Å². The molecule has 1 saturated heterocycles. The lowest BCUT2D eigenvalue weighted by molar-refractivity contribution is -0.145. The van der Waals surface area contributed by atoms with Crippen LogP contribution in [-0.4, -0.2) is 100 Å². The van der Waals surface area contributed by atoms with Gasteiger partial charge in [0.1, 0.15) is 41.7 Å². The first kappa shape index (κ1) is 38.8. The van der Waals surface area contributed by atoms with E-state index in [0.29, 0.717) is 50.2 Å². The molecule has 15 heteroatoms. The smallest absolute Gasteiger partial charge is 0.345 e. The molecule has 1 aliphatic heterocycles. The number of piperazine rings is 1. The molecule has 7 rings (SSSR count). The van der Waals surface area contributed by atoms with Crippen molar-refractivity contribution < 1.29 is 33.2 Å². The van der Waals surface area contributed by atoms with Gasteiger partial charge in [-0.3, -0.25) is 4.90 Å². The van der Waals surface area contributed by atoms with Gasteiger partial charge in [-0.2, -0.15) is 4.98 Å². The molecule has 56 heavy (non-hydrogen) atoms. The number of halogens is 2. The second-order valence-electron chi connectivity index (χ2n) is 13.3. The second kappa shape index (κ2) is 17.6. The third-order valence-corrected chi connectivity index (χ3v) is 11.2. The van der Waals surface area contributed by atoms with E-state index in [1.807, 2.05) is 19.1 Å². The zero-order chi connectivity index (χ0) is 39.2. The zero-order valence-corrected chi connectivity index (χ0v) is 32.6. The highest BCUT2D eigenvalue weighted by Gasteiger charge is 2.28. The van der Waals surface area contributed by atoms with Crippen LogP contribution in [-0.2, 0) is 17.8 Å². The summed E-state index contributed by atoms with van der Waals surface area (Å²) in [6.45, 7) is 7.28. The third kappa shape index (κ3) is 8.84. The number of benzene rings is 3. The number of para-hydroxylation sites is 1. The van der Waals surface area contributed by atoms with Crippen molar-refractivity contribution >= 4 is 39.1 Å². The first-order chi connectivity index (χ1) is 27.2. The number of ether oxygens (including phenoxy) is 4. The Morgan fingerprint density at radius 3 is 2.54 bits per heavy atom. The summed E-state index contributed by atoms with van der Waals surface area (Å²) in [5.41, 5.74) is 4.10. The Bertz CT molecular complexity index is 2320. The average molecular weight is 799 g/mol. The van der Waals surface area contributed by atoms with Crippen LogP contribution in [0.2, 0.25) is 5.02 Å². The first-order valence-corrected chi connectivity index (χ1v) is 19.2. The van der Waals surface area contributed by atoms with Crippen molar-refractivity contribution in [2.45, 2.75) is 26.1 Å². The zero-order valence-electron chi connectivity index (χ0n) is 31.1. The number of aromatic nitrogens is 4. The monoisotopic (exact) mass is 798 g/mol.